The van der Waals surface area contributed by atoms with Crippen LogP contribution in [0.15, 0.2) is 49.2 Å². The van der Waals surface area contributed by atoms with Crippen molar-refractivity contribution in [2.24, 2.45) is 0 Å². The number of hydrogen-bond acceptors (Lipinski definition) is 2. The molecule has 2 aromatic rings. The number of nitrogens with one attached hydrogen (secondary N) is 1. The summed E-state index contributed by atoms with van der Waals surface area (Å²) >= 11 is 0. The maximum atomic E-state index is 6.17. The summed E-state index contributed by atoms with van der Waals surface area (Å²) in [7, 11) is 0. The Kier molecular flexibility index (Phi) is 5.26. The van der Waals surface area contributed by atoms with Crippen LogP contribution in [0.2, 0.25) is 0 Å². The van der Waals surface area contributed by atoms with Crippen LogP contribution in [0.4, 0.5) is 11.4 Å². The van der Waals surface area contributed by atoms with Gasteiger partial charge in [0.2, 0.25) is 0 Å². The van der Waals surface area contributed by atoms with Crippen molar-refractivity contribution >= 4 is 11.4 Å². The largest absolute Gasteiger partial charge is 0.398 e. The highest BCUT2D eigenvalue weighted by atomic mass is 14.8. The lowest BCUT2D eigenvalue weighted by Gasteiger charge is -2.14. The van der Waals surface area contributed by atoms with Gasteiger partial charge in [-0.3, -0.25) is 0 Å². The van der Waals surface area contributed by atoms with Crippen LogP contribution in [-0.4, -0.2) is 0 Å². The average Bonchev–Trinajstić information content (AvgIpc) is 2.51. The summed E-state index contributed by atoms with van der Waals surface area (Å²) in [6.07, 6.45) is 3.71. The van der Waals surface area contributed by atoms with E-state index in [1.54, 1.807) is 6.20 Å². The Hall–Kier alpha value is -2.22. The summed E-state index contributed by atoms with van der Waals surface area (Å²) in [5, 5.41) is 3.15. The number of aryl methyl sites for hydroxylation is 1. The van der Waals surface area contributed by atoms with Crippen LogP contribution in [0.3, 0.4) is 0 Å². The van der Waals surface area contributed by atoms with Gasteiger partial charge in [0.25, 0.3) is 0 Å². The molecule has 0 aliphatic carbocycles. The van der Waals surface area contributed by atoms with Crippen molar-refractivity contribution in [1.29, 1.82) is 0 Å². The van der Waals surface area contributed by atoms with E-state index in [0.717, 1.165) is 24.2 Å². The van der Waals surface area contributed by atoms with E-state index < -0.39 is 0 Å². The van der Waals surface area contributed by atoms with Crippen molar-refractivity contribution in [2.75, 3.05) is 11.1 Å². The number of nitrogens with two attached hydrogens (primary N) is 1. The fourth-order valence-electron chi connectivity index (χ4n) is 2.65. The van der Waals surface area contributed by atoms with Crippen molar-refractivity contribution in [3.8, 4) is 0 Å². The van der Waals surface area contributed by atoms with E-state index in [4.69, 9.17) is 5.73 Å². The lowest BCUT2D eigenvalue weighted by molar-refractivity contribution is 0.732. The van der Waals surface area contributed by atoms with Gasteiger partial charge in [-0.05, 0) is 66.3 Å². The predicted molar refractivity (Wildman–Crippen MR) is 97.4 cm³/mol. The minimum atomic E-state index is 0.570. The van der Waals surface area contributed by atoms with Gasteiger partial charge < -0.3 is 11.1 Å². The van der Waals surface area contributed by atoms with E-state index in [1.165, 1.54) is 22.3 Å². The minimum Gasteiger partial charge on any atom is -0.398 e. The fraction of sp³-hybridized carbons (Fsp3) is 0.300. The molecule has 0 heterocycles. The van der Waals surface area contributed by atoms with E-state index in [0.29, 0.717) is 5.92 Å². The third kappa shape index (κ3) is 3.70. The highest BCUT2D eigenvalue weighted by molar-refractivity contribution is 5.56. The summed E-state index contributed by atoms with van der Waals surface area (Å²) in [5.41, 5.74) is 13.2. The first-order valence-corrected chi connectivity index (χ1v) is 7.90. The van der Waals surface area contributed by atoms with Crippen LogP contribution < -0.4 is 11.1 Å². The molecule has 0 amide bonds. The van der Waals surface area contributed by atoms with Crippen LogP contribution in [0.25, 0.3) is 0 Å². The van der Waals surface area contributed by atoms with Crippen molar-refractivity contribution in [3.05, 3.63) is 71.4 Å². The standard InChI is InChI=1S/C20H26N2/c1-5-14(3)17-8-9-19(21)18(13-17)12-16-7-10-20(22-6-2)15(4)11-16/h6-11,13-14,22H,2,5,12,21H2,1,3-4H3. The number of nitrogen functional groups attached to an aromatic ring is 1. The molecule has 2 aromatic carbocycles. The number of rotatable bonds is 6. The minimum absolute atomic E-state index is 0.570. The molecule has 0 aliphatic rings. The molecule has 0 saturated carbocycles. The fourth-order valence-corrected chi connectivity index (χ4v) is 2.65. The summed E-state index contributed by atoms with van der Waals surface area (Å²) in [4.78, 5) is 0. The third-order valence-electron chi connectivity index (χ3n) is 4.29. The van der Waals surface area contributed by atoms with E-state index in [1.807, 2.05) is 6.07 Å². The van der Waals surface area contributed by atoms with Crippen LogP contribution >= 0.6 is 0 Å². The normalized spacial score (nSPS) is 12.0. The van der Waals surface area contributed by atoms with Crippen LogP contribution in [0.1, 0.15) is 48.4 Å². The van der Waals surface area contributed by atoms with Crippen LogP contribution in [-0.2, 0) is 6.42 Å². The Morgan fingerprint density at radius 3 is 2.64 bits per heavy atom. The predicted octanol–water partition coefficient (Wildman–Crippen LogP) is 5.24. The van der Waals surface area contributed by atoms with Gasteiger partial charge in [-0.15, -0.1) is 0 Å². The molecule has 1 unspecified atom stereocenters. The Balaban J connectivity index is 2.26. The molecule has 0 radical (unpaired) electrons. The molecular formula is C20H26N2. The third-order valence-corrected chi connectivity index (χ3v) is 4.29. The van der Waals surface area contributed by atoms with E-state index >= 15 is 0 Å². The molecule has 3 N–H and O–H groups in total. The molecule has 0 aliphatic heterocycles. The smallest absolute Gasteiger partial charge is 0.0409 e. The Bertz CT molecular complexity index is 659. The number of anilines is 2. The molecule has 1 atom stereocenters. The Morgan fingerprint density at radius 2 is 2.00 bits per heavy atom. The SMILES string of the molecule is C=CNc1ccc(Cc2cc(C(C)CC)ccc2N)cc1C. The lowest BCUT2D eigenvalue weighted by atomic mass is 9.93. The van der Waals surface area contributed by atoms with Crippen LogP contribution in [0, 0.1) is 6.92 Å². The number of benzene rings is 2. The molecule has 0 bridgehead atoms. The first-order valence-electron chi connectivity index (χ1n) is 7.90. The second-order valence-corrected chi connectivity index (χ2v) is 5.94. The maximum absolute atomic E-state index is 6.17. The second-order valence-electron chi connectivity index (χ2n) is 5.94. The van der Waals surface area contributed by atoms with Gasteiger partial charge in [0.15, 0.2) is 0 Å². The average molecular weight is 294 g/mol. The molecule has 0 fully saturated rings. The zero-order chi connectivity index (χ0) is 16.1. The maximum Gasteiger partial charge on any atom is 0.0409 e. The zero-order valence-electron chi connectivity index (χ0n) is 13.8. The highest BCUT2D eigenvalue weighted by Crippen LogP contribution is 2.26. The number of hydrogen-bond donors (Lipinski definition) is 2. The van der Waals surface area contributed by atoms with Gasteiger partial charge in [0, 0.05) is 11.4 Å². The quantitative estimate of drug-likeness (QED) is 0.715. The zero-order valence-corrected chi connectivity index (χ0v) is 13.8. The first kappa shape index (κ1) is 16.2. The van der Waals surface area contributed by atoms with Crippen molar-refractivity contribution in [3.63, 3.8) is 0 Å². The van der Waals surface area contributed by atoms with Gasteiger partial charge in [-0.25, -0.2) is 0 Å². The molecular weight excluding hydrogens is 268 g/mol. The van der Waals surface area contributed by atoms with Gasteiger partial charge in [0.1, 0.15) is 0 Å². The van der Waals surface area contributed by atoms with Crippen molar-refractivity contribution < 1.29 is 0 Å². The van der Waals surface area contributed by atoms with Gasteiger partial charge in [0.05, 0.1) is 0 Å². The highest BCUT2D eigenvalue weighted by Gasteiger charge is 2.08. The van der Waals surface area contributed by atoms with Crippen molar-refractivity contribution in [1.82, 2.24) is 0 Å². The summed E-state index contributed by atoms with van der Waals surface area (Å²) in [5.74, 6) is 0.570. The molecule has 22 heavy (non-hydrogen) atoms. The molecule has 2 heteroatoms. The summed E-state index contributed by atoms with van der Waals surface area (Å²) in [6.45, 7) is 10.3. The van der Waals surface area contributed by atoms with Gasteiger partial charge >= 0.3 is 0 Å². The molecule has 0 spiro atoms. The lowest BCUT2D eigenvalue weighted by Crippen LogP contribution is -2.00. The van der Waals surface area contributed by atoms with Gasteiger partial charge in [-0.2, -0.15) is 0 Å². The van der Waals surface area contributed by atoms with Crippen molar-refractivity contribution in [2.45, 2.75) is 39.5 Å². The molecule has 2 rings (SSSR count). The summed E-state index contributed by atoms with van der Waals surface area (Å²) in [6, 6.07) is 12.9. The monoisotopic (exact) mass is 294 g/mol. The molecule has 2 nitrogen and oxygen atoms in total. The van der Waals surface area contributed by atoms with Gasteiger partial charge in [-0.1, -0.05) is 44.7 Å². The van der Waals surface area contributed by atoms with E-state index in [2.05, 4.69) is 63.0 Å². The molecule has 116 valence electrons. The molecule has 0 saturated heterocycles. The van der Waals surface area contributed by atoms with E-state index in [9.17, 15) is 0 Å². The second kappa shape index (κ2) is 7.17. The van der Waals surface area contributed by atoms with E-state index in [-0.39, 0.29) is 0 Å². The topological polar surface area (TPSA) is 38.0 Å². The Morgan fingerprint density at radius 1 is 1.23 bits per heavy atom. The summed E-state index contributed by atoms with van der Waals surface area (Å²) < 4.78 is 0. The van der Waals surface area contributed by atoms with Crippen LogP contribution in [0.5, 0.6) is 0 Å². The Labute approximate surface area is 134 Å². The molecule has 0 aromatic heterocycles. The first-order chi connectivity index (χ1) is 10.5.